The summed E-state index contributed by atoms with van der Waals surface area (Å²) in [6.45, 7) is 1.53. The number of aromatic amines is 1. The summed E-state index contributed by atoms with van der Waals surface area (Å²) in [5.41, 5.74) is 4.63. The van der Waals surface area contributed by atoms with Crippen LogP contribution in [0.5, 0.6) is 17.5 Å². The third kappa shape index (κ3) is 13.5. The van der Waals surface area contributed by atoms with Crippen molar-refractivity contribution >= 4 is 48.7 Å². The number of hydrogen-bond donors (Lipinski definition) is 9. The molecule has 0 radical (unpaired) electrons. The molecule has 4 atom stereocenters. The van der Waals surface area contributed by atoms with Gasteiger partial charge in [0.05, 0.1) is 23.7 Å². The van der Waals surface area contributed by atoms with Gasteiger partial charge in [-0.05, 0) is 67.8 Å². The predicted molar refractivity (Wildman–Crippen MR) is 267 cm³/mol. The molecule has 3 aliphatic rings. The van der Waals surface area contributed by atoms with Crippen molar-refractivity contribution in [3.8, 4) is 40.0 Å². The summed E-state index contributed by atoms with van der Waals surface area (Å²) < 4.78 is 30.4. The van der Waals surface area contributed by atoms with Crippen molar-refractivity contribution in [2.24, 2.45) is 0 Å². The summed E-state index contributed by atoms with van der Waals surface area (Å²) in [6.07, 6.45) is 5.34. The molecule has 4 heterocycles. The summed E-state index contributed by atoms with van der Waals surface area (Å²) in [4.78, 5) is 87.8. The van der Waals surface area contributed by atoms with Gasteiger partial charge < -0.3 is 34.7 Å². The van der Waals surface area contributed by atoms with E-state index in [1.807, 2.05) is 0 Å². The maximum Gasteiger partial charge on any atom is 0.572 e. The Morgan fingerprint density at radius 2 is 1.63 bits per heavy atom. The zero-order valence-electron chi connectivity index (χ0n) is 39.9. The van der Waals surface area contributed by atoms with Crippen molar-refractivity contribution in [2.45, 2.75) is 101 Å². The van der Waals surface area contributed by atoms with Gasteiger partial charge in [-0.15, -0.1) is 11.8 Å². The number of hydrazine groups is 1. The van der Waals surface area contributed by atoms with Crippen molar-refractivity contribution < 1.29 is 67.5 Å². The number of aromatic hydroxyl groups is 3. The van der Waals surface area contributed by atoms with Crippen LogP contribution in [0.1, 0.15) is 96.7 Å². The standard InChI is InChI=1S/C49H56N5O17PS/c1-28-26-54(49(65)50-45(28)60)43-24-36(57)39(71-43)27-69-72(66,67-2)68-19-20-73-40-25-42(59)53(47(40)62)18-10-8-6-4-3-5-7-9-11-41(58)51-52-46(61)29-12-15-32(48(63)64)35(21-29)44-33-16-13-30(55)22-37(33)70-38-23-31(56)14-17-34(38)44/h12-17,21-23,25-26,36,39,43,57,66H,3-11,18-20,24,27H2,1-2H3,(H6-,50,51,52,55,56,58,59,60,61,62,63,64,65)/p+1/t36?,39-,43-,72?/m1/s1. The Bertz CT molecular complexity index is 3100. The van der Waals surface area contributed by atoms with Gasteiger partial charge in [0.25, 0.3) is 11.5 Å². The topological polar surface area (TPSA) is 324 Å². The van der Waals surface area contributed by atoms with Gasteiger partial charge in [0.1, 0.15) is 42.6 Å². The fraction of sp³-hybridized carbons (Fsp3) is 0.388. The molecular formula is C49H57N5O17PS+. The lowest BCUT2D eigenvalue weighted by Crippen LogP contribution is -2.41. The van der Waals surface area contributed by atoms with Gasteiger partial charge >= 0.3 is 19.8 Å². The predicted octanol–water partition coefficient (Wildman–Crippen LogP) is 6.10. The van der Waals surface area contributed by atoms with E-state index in [-0.39, 0.29) is 88.3 Å². The fourth-order valence-electron chi connectivity index (χ4n) is 8.38. The maximum absolute atomic E-state index is 13.2. The molecule has 4 aromatic rings. The highest BCUT2D eigenvalue weighted by atomic mass is 32.2. The molecule has 24 heteroatoms. The number of H-pyrrole nitrogens is 1. The Balaban J connectivity index is 0.768. The number of phenolic OH excluding ortho intramolecular Hbond substituents is 1. The number of aliphatic hydroxyl groups is 1. The van der Waals surface area contributed by atoms with E-state index in [1.165, 1.54) is 95.7 Å². The molecule has 7 rings (SSSR count). The highest BCUT2D eigenvalue weighted by Crippen LogP contribution is 2.58. The first-order valence-corrected chi connectivity index (χ1v) is 26.0. The number of nitrogens with zero attached hydrogens (tertiary/aromatic N) is 2. The van der Waals surface area contributed by atoms with E-state index < -0.39 is 55.6 Å². The maximum atomic E-state index is 13.2. The summed E-state index contributed by atoms with van der Waals surface area (Å²) in [5.74, 6) is -2.24. The van der Waals surface area contributed by atoms with E-state index in [2.05, 4.69) is 15.8 Å². The zero-order chi connectivity index (χ0) is 52.4. The summed E-state index contributed by atoms with van der Waals surface area (Å²) in [7, 11) is -2.65. The number of ether oxygens (including phenoxy) is 1. The monoisotopic (exact) mass is 1050 g/mol. The lowest BCUT2D eigenvalue weighted by atomic mass is 9.89. The molecular weight excluding hydrogens is 994 g/mol. The van der Waals surface area contributed by atoms with E-state index >= 15 is 0 Å². The van der Waals surface area contributed by atoms with Crippen molar-refractivity contribution in [1.82, 2.24) is 25.0 Å². The second kappa shape index (κ2) is 24.4. The van der Waals surface area contributed by atoms with Crippen molar-refractivity contribution in [3.63, 3.8) is 0 Å². The number of carboxylic acids is 1. The normalized spacial score (nSPS) is 16.5. The van der Waals surface area contributed by atoms with Crippen LogP contribution in [0.2, 0.25) is 0 Å². The first-order valence-electron chi connectivity index (χ1n) is 23.5. The summed E-state index contributed by atoms with van der Waals surface area (Å²) in [6, 6.07) is 13.8. The zero-order valence-corrected chi connectivity index (χ0v) is 41.6. The Hall–Kier alpha value is -6.56. The molecule has 0 spiro atoms. The van der Waals surface area contributed by atoms with Crippen LogP contribution in [-0.4, -0.2) is 101 Å². The Morgan fingerprint density at radius 1 is 0.890 bits per heavy atom. The van der Waals surface area contributed by atoms with Gasteiger partial charge in [0.2, 0.25) is 11.8 Å². The molecule has 2 unspecified atom stereocenters. The third-order valence-electron chi connectivity index (χ3n) is 12.2. The van der Waals surface area contributed by atoms with Gasteiger partial charge in [-0.25, -0.2) is 9.59 Å². The number of carbonyl (C=O) groups is 3. The van der Waals surface area contributed by atoms with E-state index in [4.69, 9.17) is 22.7 Å². The molecule has 2 aromatic heterocycles. The minimum Gasteiger partial charge on any atom is -0.508 e. The van der Waals surface area contributed by atoms with Crippen LogP contribution in [0.3, 0.4) is 0 Å². The first-order chi connectivity index (χ1) is 34.9. The second-order valence-corrected chi connectivity index (χ2v) is 20.3. The number of fused-ring (bicyclic) bond motifs is 2. The molecule has 390 valence electrons. The molecule has 2 amide bonds. The number of thioether (sulfide) groups is 1. The molecule has 73 heavy (non-hydrogen) atoms. The highest BCUT2D eigenvalue weighted by molar-refractivity contribution is 7.99. The number of aliphatic hydroxyl groups excluding tert-OH is 1. The minimum absolute atomic E-state index is 0.0359. The van der Waals surface area contributed by atoms with Crippen LogP contribution in [-0.2, 0) is 29.6 Å². The quantitative estimate of drug-likeness (QED) is 0.0109. The van der Waals surface area contributed by atoms with Crippen LogP contribution in [0, 0.1) is 6.92 Å². The molecule has 2 aromatic carbocycles. The number of amides is 2. The van der Waals surface area contributed by atoms with Crippen LogP contribution in [0.4, 0.5) is 0 Å². The molecule has 9 N–H and O–H groups in total. The highest BCUT2D eigenvalue weighted by Gasteiger charge is 2.46. The van der Waals surface area contributed by atoms with Crippen LogP contribution >= 0.6 is 19.9 Å². The second-order valence-electron chi connectivity index (χ2n) is 17.3. The van der Waals surface area contributed by atoms with Gasteiger partial charge in [0, 0.05) is 77.2 Å². The van der Waals surface area contributed by atoms with Crippen molar-refractivity contribution in [1.29, 1.82) is 0 Å². The SMILES string of the molecule is CO[P+](O)(OCCSc1cc(O)n(CCCCCCCCCCC(=O)NNC(=O)c2ccc(C(=O)O)c(-c3c4ccc(=O)cc-4oc4cc(O)ccc34)c2)c1O)OC[C@H]1O[C@@H](n2cc(C)c(=O)[nH]c2=O)CC1O. The van der Waals surface area contributed by atoms with Crippen molar-refractivity contribution in [2.75, 3.05) is 26.1 Å². The van der Waals surface area contributed by atoms with E-state index in [1.54, 1.807) is 6.07 Å². The summed E-state index contributed by atoms with van der Waals surface area (Å²) in [5, 5.41) is 52.5. The number of nitrogens with one attached hydrogen (secondary N) is 3. The summed E-state index contributed by atoms with van der Waals surface area (Å²) >= 11 is 1.18. The Labute approximate surface area is 421 Å². The lowest BCUT2D eigenvalue weighted by Gasteiger charge is -2.18. The molecule has 0 saturated carbocycles. The third-order valence-corrected chi connectivity index (χ3v) is 14.6. The number of benzene rings is 3. The number of phenols is 1. The van der Waals surface area contributed by atoms with Crippen LogP contribution in [0.15, 0.2) is 90.6 Å². The van der Waals surface area contributed by atoms with E-state index in [9.17, 15) is 59.2 Å². The lowest BCUT2D eigenvalue weighted by molar-refractivity contribution is -0.122. The average Bonchev–Trinajstić information content (AvgIpc) is 3.87. The van der Waals surface area contributed by atoms with Gasteiger partial charge in [-0.2, -0.15) is 18.5 Å². The fourth-order valence-corrected chi connectivity index (χ4v) is 10.3. The largest absolute Gasteiger partial charge is 0.572 e. The number of unbranched alkanes of at least 4 members (excludes halogenated alkanes) is 7. The minimum atomic E-state index is -3.85. The molecule has 1 fully saturated rings. The number of carboxylic acid groups (broad SMARTS) is 1. The first kappa shape index (κ1) is 54.2. The number of hydrogen-bond acceptors (Lipinski definition) is 17. The van der Waals surface area contributed by atoms with Gasteiger partial charge in [-0.1, -0.05) is 38.5 Å². The van der Waals surface area contributed by atoms with E-state index in [0.29, 0.717) is 40.8 Å². The number of aromatic nitrogens is 3. The smallest absolute Gasteiger partial charge is 0.508 e. The molecule has 1 aliphatic carbocycles. The van der Waals surface area contributed by atoms with Crippen LogP contribution in [0.25, 0.3) is 33.4 Å². The van der Waals surface area contributed by atoms with E-state index in [0.717, 1.165) is 38.5 Å². The van der Waals surface area contributed by atoms with Crippen molar-refractivity contribution in [3.05, 3.63) is 115 Å². The Kier molecular flexibility index (Phi) is 18.2. The molecule has 1 saturated heterocycles. The molecule has 2 aliphatic heterocycles. The van der Waals surface area contributed by atoms with Gasteiger partial charge in [0.15, 0.2) is 11.3 Å². The number of carbonyl (C=O) groups excluding carboxylic acids is 2. The Morgan fingerprint density at radius 3 is 2.37 bits per heavy atom. The molecule has 22 nitrogen and oxygen atoms in total. The van der Waals surface area contributed by atoms with Gasteiger partial charge in [-0.3, -0.25) is 44.1 Å². The van der Waals surface area contributed by atoms with Crippen LogP contribution < -0.4 is 27.5 Å². The number of aryl methyl sites for hydroxylation is 1. The average molecular weight is 1050 g/mol. The number of aromatic carboxylic acids is 1. The number of rotatable bonds is 24. The molecule has 0 bridgehead atoms.